The summed E-state index contributed by atoms with van der Waals surface area (Å²) in [4.78, 5) is 26.7. The van der Waals surface area contributed by atoms with Gasteiger partial charge in [0.15, 0.2) is 17.3 Å². The van der Waals surface area contributed by atoms with E-state index in [-0.39, 0.29) is 24.8 Å². The molecule has 2 aliphatic heterocycles. The van der Waals surface area contributed by atoms with E-state index in [1.54, 1.807) is 18.2 Å². The highest BCUT2D eigenvalue weighted by molar-refractivity contribution is 5.99. The SMILES string of the molecule is O=C(c1ccc2c(c1)OCCO2)C1CCN(C(=O)c2c(F)cccc2F)CC1. The topological polar surface area (TPSA) is 55.8 Å². The van der Waals surface area contributed by atoms with Crippen LogP contribution >= 0.6 is 0 Å². The molecule has 5 nitrogen and oxygen atoms in total. The number of nitrogens with zero attached hydrogens (tertiary/aromatic N) is 1. The summed E-state index contributed by atoms with van der Waals surface area (Å²) in [5.74, 6) is -1.53. The van der Waals surface area contributed by atoms with Crippen molar-refractivity contribution in [1.29, 1.82) is 0 Å². The molecule has 2 heterocycles. The maximum absolute atomic E-state index is 13.9. The number of halogens is 2. The molecular formula is C21H19F2NO4. The number of likely N-dealkylation sites (tertiary alicyclic amines) is 1. The quantitative estimate of drug-likeness (QED) is 0.757. The summed E-state index contributed by atoms with van der Waals surface area (Å²) in [6, 6.07) is 8.47. The van der Waals surface area contributed by atoms with Crippen molar-refractivity contribution in [2.45, 2.75) is 12.8 Å². The summed E-state index contributed by atoms with van der Waals surface area (Å²) in [6.45, 7) is 1.47. The molecular weight excluding hydrogens is 368 g/mol. The molecule has 28 heavy (non-hydrogen) atoms. The second kappa shape index (κ2) is 7.58. The number of fused-ring (bicyclic) bond motifs is 1. The van der Waals surface area contributed by atoms with Crippen molar-refractivity contribution < 1.29 is 27.8 Å². The normalized spacial score (nSPS) is 16.7. The summed E-state index contributed by atoms with van der Waals surface area (Å²) in [5, 5.41) is 0. The first-order valence-electron chi connectivity index (χ1n) is 9.22. The largest absolute Gasteiger partial charge is 0.486 e. The molecule has 2 aromatic rings. The predicted octanol–water partition coefficient (Wildman–Crippen LogP) is 3.47. The molecule has 4 rings (SSSR count). The number of ether oxygens (including phenoxy) is 2. The number of hydrogen-bond acceptors (Lipinski definition) is 4. The van der Waals surface area contributed by atoms with Crippen molar-refractivity contribution in [2.75, 3.05) is 26.3 Å². The molecule has 0 bridgehead atoms. The molecule has 0 spiro atoms. The van der Waals surface area contributed by atoms with Crippen LogP contribution in [0, 0.1) is 17.6 Å². The van der Waals surface area contributed by atoms with Gasteiger partial charge in [0.05, 0.1) is 0 Å². The minimum atomic E-state index is -0.875. The fourth-order valence-corrected chi connectivity index (χ4v) is 3.64. The number of benzene rings is 2. The number of piperidine rings is 1. The van der Waals surface area contributed by atoms with Crippen LogP contribution in [0.5, 0.6) is 11.5 Å². The Kier molecular flexibility index (Phi) is 4.98. The van der Waals surface area contributed by atoms with E-state index in [0.717, 1.165) is 12.1 Å². The highest BCUT2D eigenvalue weighted by Crippen LogP contribution is 2.32. The van der Waals surface area contributed by atoms with Gasteiger partial charge in [0.25, 0.3) is 5.91 Å². The van der Waals surface area contributed by atoms with Gasteiger partial charge in [-0.3, -0.25) is 9.59 Å². The van der Waals surface area contributed by atoms with E-state index in [1.807, 2.05) is 0 Å². The van der Waals surface area contributed by atoms with Crippen LogP contribution in [0.3, 0.4) is 0 Å². The van der Waals surface area contributed by atoms with Gasteiger partial charge in [-0.15, -0.1) is 0 Å². The van der Waals surface area contributed by atoms with Gasteiger partial charge in [-0.05, 0) is 43.2 Å². The zero-order valence-corrected chi connectivity index (χ0v) is 15.1. The van der Waals surface area contributed by atoms with Crippen molar-refractivity contribution in [3.63, 3.8) is 0 Å². The molecule has 1 saturated heterocycles. The first kappa shape index (κ1) is 18.4. The highest BCUT2D eigenvalue weighted by Gasteiger charge is 2.31. The van der Waals surface area contributed by atoms with Gasteiger partial charge in [0, 0.05) is 24.6 Å². The molecule has 0 N–H and O–H groups in total. The number of rotatable bonds is 3. The summed E-state index contributed by atoms with van der Waals surface area (Å²) < 4.78 is 38.7. The highest BCUT2D eigenvalue weighted by atomic mass is 19.1. The van der Waals surface area contributed by atoms with Gasteiger partial charge in [-0.2, -0.15) is 0 Å². The van der Waals surface area contributed by atoms with E-state index in [9.17, 15) is 18.4 Å². The first-order valence-corrected chi connectivity index (χ1v) is 9.22. The molecule has 2 aromatic carbocycles. The number of carbonyl (C=O) groups is 2. The van der Waals surface area contributed by atoms with Crippen LogP contribution in [0.25, 0.3) is 0 Å². The van der Waals surface area contributed by atoms with Gasteiger partial charge in [-0.1, -0.05) is 6.07 Å². The Hall–Kier alpha value is -2.96. The van der Waals surface area contributed by atoms with Crippen LogP contribution < -0.4 is 9.47 Å². The number of Topliss-reactive ketones (excluding diaryl/α,β-unsaturated/α-hetero) is 1. The average Bonchev–Trinajstić information content (AvgIpc) is 2.73. The van der Waals surface area contributed by atoms with Crippen LogP contribution in [-0.2, 0) is 0 Å². The molecule has 2 aliphatic rings. The molecule has 7 heteroatoms. The standard InChI is InChI=1S/C21H19F2NO4/c22-15-2-1-3-16(23)19(15)21(26)24-8-6-13(7-9-24)20(25)14-4-5-17-18(12-14)28-11-10-27-17/h1-5,12-13H,6-11H2. The predicted molar refractivity (Wildman–Crippen MR) is 96.7 cm³/mol. The number of amides is 1. The lowest BCUT2D eigenvalue weighted by Gasteiger charge is -2.31. The third-order valence-corrected chi connectivity index (χ3v) is 5.16. The Bertz CT molecular complexity index is 902. The van der Waals surface area contributed by atoms with Crippen LogP contribution in [0.1, 0.15) is 33.6 Å². The first-order chi connectivity index (χ1) is 13.5. The minimum absolute atomic E-state index is 0.0267. The van der Waals surface area contributed by atoms with Crippen LogP contribution in [0.2, 0.25) is 0 Å². The van der Waals surface area contributed by atoms with E-state index >= 15 is 0 Å². The summed E-state index contributed by atoms with van der Waals surface area (Å²) in [5.41, 5.74) is -0.00622. The molecule has 0 radical (unpaired) electrons. The molecule has 1 amide bonds. The molecule has 0 aromatic heterocycles. The van der Waals surface area contributed by atoms with Crippen molar-refractivity contribution in [2.24, 2.45) is 5.92 Å². The lowest BCUT2D eigenvalue weighted by atomic mass is 9.88. The minimum Gasteiger partial charge on any atom is -0.486 e. The zero-order chi connectivity index (χ0) is 19.7. The fourth-order valence-electron chi connectivity index (χ4n) is 3.64. The second-order valence-electron chi connectivity index (χ2n) is 6.89. The van der Waals surface area contributed by atoms with E-state index in [0.29, 0.717) is 43.1 Å². The summed E-state index contributed by atoms with van der Waals surface area (Å²) in [7, 11) is 0. The van der Waals surface area contributed by atoms with Gasteiger partial charge in [-0.25, -0.2) is 8.78 Å². The van der Waals surface area contributed by atoms with E-state index < -0.39 is 23.1 Å². The van der Waals surface area contributed by atoms with Gasteiger partial charge < -0.3 is 14.4 Å². The summed E-state index contributed by atoms with van der Waals surface area (Å²) >= 11 is 0. The van der Waals surface area contributed by atoms with Crippen molar-refractivity contribution in [3.8, 4) is 11.5 Å². The maximum Gasteiger partial charge on any atom is 0.259 e. The number of ketones is 1. The van der Waals surface area contributed by atoms with Crippen LogP contribution in [0.4, 0.5) is 8.78 Å². The van der Waals surface area contributed by atoms with Crippen LogP contribution in [-0.4, -0.2) is 42.9 Å². The Labute approximate surface area is 160 Å². The van der Waals surface area contributed by atoms with E-state index in [1.165, 1.54) is 11.0 Å². The monoisotopic (exact) mass is 387 g/mol. The smallest absolute Gasteiger partial charge is 0.259 e. The molecule has 0 aliphatic carbocycles. The van der Waals surface area contributed by atoms with Gasteiger partial charge in [0.1, 0.15) is 30.4 Å². The van der Waals surface area contributed by atoms with Crippen molar-refractivity contribution in [3.05, 3.63) is 59.2 Å². The van der Waals surface area contributed by atoms with E-state index in [4.69, 9.17) is 9.47 Å². The summed E-state index contributed by atoms with van der Waals surface area (Å²) in [6.07, 6.45) is 0.879. The lowest BCUT2D eigenvalue weighted by molar-refractivity contribution is 0.0642. The number of carbonyl (C=O) groups excluding carboxylic acids is 2. The number of hydrogen-bond donors (Lipinski definition) is 0. The molecule has 146 valence electrons. The Morgan fingerprint density at radius 1 is 0.929 bits per heavy atom. The zero-order valence-electron chi connectivity index (χ0n) is 15.1. The Balaban J connectivity index is 1.43. The van der Waals surface area contributed by atoms with Crippen molar-refractivity contribution in [1.82, 2.24) is 4.90 Å². The van der Waals surface area contributed by atoms with Crippen molar-refractivity contribution >= 4 is 11.7 Å². The van der Waals surface area contributed by atoms with E-state index in [2.05, 4.69) is 0 Å². The average molecular weight is 387 g/mol. The third kappa shape index (κ3) is 3.44. The molecule has 0 unspecified atom stereocenters. The third-order valence-electron chi connectivity index (χ3n) is 5.16. The van der Waals surface area contributed by atoms with Crippen LogP contribution in [0.15, 0.2) is 36.4 Å². The molecule has 0 saturated carbocycles. The van der Waals surface area contributed by atoms with Gasteiger partial charge in [0.2, 0.25) is 0 Å². The second-order valence-corrected chi connectivity index (χ2v) is 6.89. The lowest BCUT2D eigenvalue weighted by Crippen LogP contribution is -2.41. The molecule has 1 fully saturated rings. The fraction of sp³-hybridized carbons (Fsp3) is 0.333. The Morgan fingerprint density at radius 2 is 1.57 bits per heavy atom. The molecule has 0 atom stereocenters. The Morgan fingerprint density at radius 3 is 2.25 bits per heavy atom. The maximum atomic E-state index is 13.9. The van der Waals surface area contributed by atoms with Gasteiger partial charge >= 0.3 is 0 Å².